The molecule has 1 N–H and O–H groups in total. The van der Waals surface area contributed by atoms with Crippen LogP contribution >= 0.6 is 15.9 Å². The van der Waals surface area contributed by atoms with Gasteiger partial charge >= 0.3 is 6.18 Å². The van der Waals surface area contributed by atoms with Crippen molar-refractivity contribution in [1.29, 1.82) is 0 Å². The number of benzene rings is 2. The third kappa shape index (κ3) is 2.93. The Morgan fingerprint density at radius 3 is 2.64 bits per heavy atom. The molecule has 0 saturated heterocycles. The van der Waals surface area contributed by atoms with E-state index in [0.29, 0.717) is 11.3 Å². The molecule has 3 aromatic rings. The standard InChI is InChI=1S/C18H13BrF3N3/c19-13-5-2-6-14(10-13)25-17-15(7-8-23-17)16(24-25)11-3-1-4-12(9-11)18(20,21)22/h1-6,9-10,23H,7-8H2. The van der Waals surface area contributed by atoms with Gasteiger partial charge in [0.05, 0.1) is 16.9 Å². The number of nitrogens with zero attached hydrogens (tertiary/aromatic N) is 2. The SMILES string of the molecule is FC(F)(F)c1cccc(-c2nn(-c3cccc(Br)c3)c3c2CCN3)c1. The third-order valence-electron chi connectivity index (χ3n) is 4.17. The molecule has 2 aromatic carbocycles. The molecule has 0 atom stereocenters. The van der Waals surface area contributed by atoms with Crippen LogP contribution in [0.4, 0.5) is 19.0 Å². The number of aromatic nitrogens is 2. The average molecular weight is 408 g/mol. The highest BCUT2D eigenvalue weighted by molar-refractivity contribution is 9.10. The molecule has 0 spiro atoms. The first-order valence-corrected chi connectivity index (χ1v) is 8.52. The van der Waals surface area contributed by atoms with Crippen LogP contribution in [-0.2, 0) is 12.6 Å². The van der Waals surface area contributed by atoms with Crippen LogP contribution in [0.3, 0.4) is 0 Å². The van der Waals surface area contributed by atoms with Crippen molar-refractivity contribution in [2.75, 3.05) is 11.9 Å². The molecule has 0 unspecified atom stereocenters. The molecule has 1 aromatic heterocycles. The second-order valence-electron chi connectivity index (χ2n) is 5.82. The highest BCUT2D eigenvalue weighted by atomic mass is 79.9. The molecule has 0 amide bonds. The van der Waals surface area contributed by atoms with Crippen molar-refractivity contribution in [3.8, 4) is 16.9 Å². The van der Waals surface area contributed by atoms with Gasteiger partial charge in [0.25, 0.3) is 0 Å². The van der Waals surface area contributed by atoms with E-state index in [1.807, 2.05) is 24.3 Å². The minimum atomic E-state index is -4.37. The molecule has 7 heteroatoms. The lowest BCUT2D eigenvalue weighted by molar-refractivity contribution is -0.137. The zero-order valence-electron chi connectivity index (χ0n) is 12.9. The summed E-state index contributed by atoms with van der Waals surface area (Å²) in [6.45, 7) is 0.743. The van der Waals surface area contributed by atoms with Crippen LogP contribution in [-0.4, -0.2) is 16.3 Å². The summed E-state index contributed by atoms with van der Waals surface area (Å²) >= 11 is 3.44. The quantitative estimate of drug-likeness (QED) is 0.625. The van der Waals surface area contributed by atoms with E-state index in [4.69, 9.17) is 0 Å². The predicted octanol–water partition coefficient (Wildman–Crippen LogP) is 5.29. The second kappa shape index (κ2) is 5.91. The molecule has 0 aliphatic carbocycles. The van der Waals surface area contributed by atoms with E-state index in [9.17, 15) is 13.2 Å². The zero-order valence-corrected chi connectivity index (χ0v) is 14.5. The Morgan fingerprint density at radius 1 is 1.08 bits per heavy atom. The molecule has 25 heavy (non-hydrogen) atoms. The molecule has 3 nitrogen and oxygen atoms in total. The summed E-state index contributed by atoms with van der Waals surface area (Å²) in [7, 11) is 0. The number of alkyl halides is 3. The number of nitrogens with one attached hydrogen (secondary N) is 1. The van der Waals surface area contributed by atoms with Gasteiger partial charge in [-0.2, -0.15) is 18.3 Å². The van der Waals surface area contributed by atoms with Crippen LogP contribution in [0.5, 0.6) is 0 Å². The predicted molar refractivity (Wildman–Crippen MR) is 93.9 cm³/mol. The molecule has 0 saturated carbocycles. The van der Waals surface area contributed by atoms with Crippen molar-refractivity contribution in [2.45, 2.75) is 12.6 Å². The smallest absolute Gasteiger partial charge is 0.369 e. The average Bonchev–Trinajstić information content (AvgIpc) is 3.16. The summed E-state index contributed by atoms with van der Waals surface area (Å²) in [4.78, 5) is 0. The summed E-state index contributed by atoms with van der Waals surface area (Å²) in [6, 6.07) is 13.0. The topological polar surface area (TPSA) is 29.9 Å². The maximum absolute atomic E-state index is 13.0. The first-order chi connectivity index (χ1) is 11.9. The fraction of sp³-hybridized carbons (Fsp3) is 0.167. The summed E-state index contributed by atoms with van der Waals surface area (Å²) < 4.78 is 41.7. The Hall–Kier alpha value is -2.28. The van der Waals surface area contributed by atoms with Gasteiger partial charge < -0.3 is 5.32 Å². The van der Waals surface area contributed by atoms with Crippen LogP contribution < -0.4 is 5.32 Å². The van der Waals surface area contributed by atoms with Gasteiger partial charge in [0.15, 0.2) is 0 Å². The fourth-order valence-corrected chi connectivity index (χ4v) is 3.43. The normalized spacial score (nSPS) is 13.6. The van der Waals surface area contributed by atoms with Gasteiger partial charge in [0, 0.05) is 22.1 Å². The fourth-order valence-electron chi connectivity index (χ4n) is 3.04. The molecular weight excluding hydrogens is 395 g/mol. The van der Waals surface area contributed by atoms with Crippen LogP contribution in [0.25, 0.3) is 16.9 Å². The minimum absolute atomic E-state index is 0.475. The summed E-state index contributed by atoms with van der Waals surface area (Å²) in [5.41, 5.74) is 2.19. The van der Waals surface area contributed by atoms with Crippen LogP contribution in [0, 0.1) is 0 Å². The van der Waals surface area contributed by atoms with Gasteiger partial charge in [0.1, 0.15) is 5.82 Å². The first-order valence-electron chi connectivity index (χ1n) is 7.73. The Balaban J connectivity index is 1.86. The second-order valence-corrected chi connectivity index (χ2v) is 6.74. The highest BCUT2D eigenvalue weighted by Gasteiger charge is 2.31. The molecule has 2 heterocycles. The van der Waals surface area contributed by atoms with Crippen LogP contribution in [0.2, 0.25) is 0 Å². The molecule has 128 valence electrons. The number of halogens is 4. The number of anilines is 1. The van der Waals surface area contributed by atoms with E-state index in [1.165, 1.54) is 6.07 Å². The third-order valence-corrected chi connectivity index (χ3v) is 4.66. The lowest BCUT2D eigenvalue weighted by Crippen LogP contribution is -2.05. The van der Waals surface area contributed by atoms with Gasteiger partial charge in [-0.3, -0.25) is 0 Å². The van der Waals surface area contributed by atoms with Crippen molar-refractivity contribution in [1.82, 2.24) is 9.78 Å². The molecule has 1 aliphatic rings. The number of rotatable bonds is 2. The van der Waals surface area contributed by atoms with Crippen molar-refractivity contribution in [3.63, 3.8) is 0 Å². The molecular formula is C18H13BrF3N3. The van der Waals surface area contributed by atoms with Gasteiger partial charge in [-0.05, 0) is 36.8 Å². The van der Waals surface area contributed by atoms with Crippen LogP contribution in [0.15, 0.2) is 53.0 Å². The Bertz CT molecular complexity index is 947. The largest absolute Gasteiger partial charge is 0.416 e. The number of hydrogen-bond donors (Lipinski definition) is 1. The molecule has 0 fully saturated rings. The maximum Gasteiger partial charge on any atom is 0.416 e. The van der Waals surface area contributed by atoms with E-state index in [0.717, 1.165) is 46.6 Å². The minimum Gasteiger partial charge on any atom is -0.369 e. The van der Waals surface area contributed by atoms with E-state index in [-0.39, 0.29) is 0 Å². The van der Waals surface area contributed by atoms with Gasteiger partial charge in [-0.25, -0.2) is 4.68 Å². The molecule has 4 rings (SSSR count). The number of hydrogen-bond acceptors (Lipinski definition) is 2. The monoisotopic (exact) mass is 407 g/mol. The van der Waals surface area contributed by atoms with Gasteiger partial charge in [-0.1, -0.05) is 34.1 Å². The van der Waals surface area contributed by atoms with Gasteiger partial charge in [-0.15, -0.1) is 0 Å². The van der Waals surface area contributed by atoms with Crippen molar-refractivity contribution >= 4 is 21.7 Å². The van der Waals surface area contributed by atoms with Crippen molar-refractivity contribution < 1.29 is 13.2 Å². The Kier molecular flexibility index (Phi) is 3.83. The zero-order chi connectivity index (χ0) is 17.6. The van der Waals surface area contributed by atoms with Crippen molar-refractivity contribution in [3.05, 3.63) is 64.1 Å². The van der Waals surface area contributed by atoms with E-state index >= 15 is 0 Å². The Morgan fingerprint density at radius 2 is 1.88 bits per heavy atom. The van der Waals surface area contributed by atoms with Gasteiger partial charge in [0.2, 0.25) is 0 Å². The molecule has 0 radical (unpaired) electrons. The molecule has 0 bridgehead atoms. The lowest BCUT2D eigenvalue weighted by atomic mass is 10.0. The summed E-state index contributed by atoms with van der Waals surface area (Å²) in [5.74, 6) is 0.838. The summed E-state index contributed by atoms with van der Waals surface area (Å²) in [6.07, 6.45) is -3.64. The lowest BCUT2D eigenvalue weighted by Gasteiger charge is -2.08. The van der Waals surface area contributed by atoms with Crippen LogP contribution in [0.1, 0.15) is 11.1 Å². The Labute approximate surface area is 150 Å². The summed E-state index contributed by atoms with van der Waals surface area (Å²) in [5, 5.41) is 7.89. The first kappa shape index (κ1) is 16.2. The molecule has 1 aliphatic heterocycles. The maximum atomic E-state index is 13.0. The highest BCUT2D eigenvalue weighted by Crippen LogP contribution is 2.37. The van der Waals surface area contributed by atoms with E-state index in [1.54, 1.807) is 10.7 Å². The van der Waals surface area contributed by atoms with E-state index in [2.05, 4.69) is 26.3 Å². The van der Waals surface area contributed by atoms with E-state index < -0.39 is 11.7 Å². The van der Waals surface area contributed by atoms with Crippen molar-refractivity contribution in [2.24, 2.45) is 0 Å². The number of fused-ring (bicyclic) bond motifs is 1.